The number of aromatic nitrogens is 1. The molecule has 0 bridgehead atoms. The highest BCUT2D eigenvalue weighted by Gasteiger charge is 2.41. The summed E-state index contributed by atoms with van der Waals surface area (Å²) in [6.45, 7) is 1.65. The van der Waals surface area contributed by atoms with Crippen molar-refractivity contribution in [2.75, 3.05) is 6.61 Å². The monoisotopic (exact) mass is 217 g/mol. The number of ether oxygens (including phenoxy) is 1. The van der Waals surface area contributed by atoms with Gasteiger partial charge in [0.2, 0.25) is 0 Å². The number of pyridine rings is 1. The standard InChI is InChI=1S/C9H9ClFNO2/c1-2-14-8(13)9(10,11)7-5-3-4-6-12-7/h3-6H,2H2,1H3. The van der Waals surface area contributed by atoms with Crippen LogP contribution in [0.25, 0.3) is 0 Å². The molecule has 0 aliphatic heterocycles. The van der Waals surface area contributed by atoms with E-state index >= 15 is 0 Å². The first-order chi connectivity index (χ1) is 6.59. The lowest BCUT2D eigenvalue weighted by molar-refractivity contribution is -0.152. The van der Waals surface area contributed by atoms with E-state index in [9.17, 15) is 9.18 Å². The van der Waals surface area contributed by atoms with E-state index in [1.807, 2.05) is 0 Å². The van der Waals surface area contributed by atoms with Crippen LogP contribution in [-0.4, -0.2) is 17.6 Å². The predicted molar refractivity (Wildman–Crippen MR) is 49.5 cm³/mol. The molecule has 0 aliphatic carbocycles. The van der Waals surface area contributed by atoms with Crippen LogP contribution in [0.2, 0.25) is 0 Å². The first kappa shape index (κ1) is 10.9. The molecule has 0 amide bonds. The number of nitrogens with zero attached hydrogens (tertiary/aromatic N) is 1. The first-order valence-electron chi connectivity index (χ1n) is 4.05. The Kier molecular flexibility index (Phi) is 3.41. The summed E-state index contributed by atoms with van der Waals surface area (Å²) in [7, 11) is 0. The van der Waals surface area contributed by atoms with Gasteiger partial charge in [0.15, 0.2) is 0 Å². The number of halogens is 2. The van der Waals surface area contributed by atoms with Gasteiger partial charge in [0, 0.05) is 6.20 Å². The summed E-state index contributed by atoms with van der Waals surface area (Å²) in [5, 5.41) is -2.70. The molecule has 0 N–H and O–H groups in total. The average molecular weight is 218 g/mol. The Morgan fingerprint density at radius 2 is 2.43 bits per heavy atom. The lowest BCUT2D eigenvalue weighted by Crippen LogP contribution is -2.28. The van der Waals surface area contributed by atoms with Crippen molar-refractivity contribution in [1.82, 2.24) is 4.98 Å². The fourth-order valence-corrected chi connectivity index (χ4v) is 1.04. The van der Waals surface area contributed by atoms with E-state index in [0.29, 0.717) is 0 Å². The van der Waals surface area contributed by atoms with Crippen molar-refractivity contribution in [2.45, 2.75) is 12.1 Å². The van der Waals surface area contributed by atoms with E-state index in [1.54, 1.807) is 13.0 Å². The van der Waals surface area contributed by atoms with Crippen molar-refractivity contribution in [3.63, 3.8) is 0 Å². The van der Waals surface area contributed by atoms with Gasteiger partial charge in [-0.05, 0) is 19.1 Å². The number of esters is 1. The second-order valence-corrected chi connectivity index (χ2v) is 3.03. The molecule has 0 radical (unpaired) electrons. The van der Waals surface area contributed by atoms with Crippen LogP contribution in [-0.2, 0) is 14.7 Å². The smallest absolute Gasteiger partial charge is 0.366 e. The zero-order valence-corrected chi connectivity index (χ0v) is 8.29. The molecule has 76 valence electrons. The number of alkyl halides is 2. The maximum absolute atomic E-state index is 13.6. The van der Waals surface area contributed by atoms with Crippen LogP contribution in [0.5, 0.6) is 0 Å². The topological polar surface area (TPSA) is 39.2 Å². The quantitative estimate of drug-likeness (QED) is 0.574. The van der Waals surface area contributed by atoms with Crippen LogP contribution in [0.4, 0.5) is 4.39 Å². The van der Waals surface area contributed by atoms with Gasteiger partial charge in [-0.3, -0.25) is 4.98 Å². The van der Waals surface area contributed by atoms with E-state index in [-0.39, 0.29) is 12.3 Å². The molecule has 0 saturated carbocycles. The summed E-state index contributed by atoms with van der Waals surface area (Å²) in [5.41, 5.74) is -0.167. The van der Waals surface area contributed by atoms with Crippen LogP contribution in [0.1, 0.15) is 12.6 Å². The molecule has 0 spiro atoms. The minimum Gasteiger partial charge on any atom is -0.462 e. The van der Waals surface area contributed by atoms with Crippen molar-refractivity contribution in [1.29, 1.82) is 0 Å². The lowest BCUT2D eigenvalue weighted by atomic mass is 10.2. The molecule has 5 heteroatoms. The number of carbonyl (C=O) groups excluding carboxylic acids is 1. The third-order valence-corrected chi connectivity index (χ3v) is 1.87. The normalized spacial score (nSPS) is 14.5. The molecule has 0 saturated heterocycles. The largest absolute Gasteiger partial charge is 0.462 e. The Balaban J connectivity index is 2.90. The van der Waals surface area contributed by atoms with E-state index in [4.69, 9.17) is 11.6 Å². The van der Waals surface area contributed by atoms with Gasteiger partial charge in [-0.15, -0.1) is 0 Å². The molecule has 1 rings (SSSR count). The molecule has 1 unspecified atom stereocenters. The fraction of sp³-hybridized carbons (Fsp3) is 0.333. The Bertz CT molecular complexity index is 316. The summed E-state index contributed by atoms with van der Waals surface area (Å²) < 4.78 is 18.1. The van der Waals surface area contributed by atoms with Crippen LogP contribution in [0, 0.1) is 0 Å². The molecular formula is C9H9ClFNO2. The third kappa shape index (κ3) is 2.20. The van der Waals surface area contributed by atoms with Crippen LogP contribution < -0.4 is 0 Å². The van der Waals surface area contributed by atoms with Crippen molar-refractivity contribution < 1.29 is 13.9 Å². The number of rotatable bonds is 3. The van der Waals surface area contributed by atoms with E-state index in [0.717, 1.165) is 0 Å². The van der Waals surface area contributed by atoms with Gasteiger partial charge in [-0.2, -0.15) is 0 Å². The fourth-order valence-electron chi connectivity index (χ4n) is 0.875. The molecular weight excluding hydrogens is 209 g/mol. The number of carbonyl (C=O) groups is 1. The molecule has 0 aliphatic rings. The summed E-state index contributed by atoms with van der Waals surface area (Å²) in [6.07, 6.45) is 1.35. The second kappa shape index (κ2) is 4.37. The second-order valence-electron chi connectivity index (χ2n) is 2.51. The molecule has 1 heterocycles. The molecule has 0 aromatic carbocycles. The van der Waals surface area contributed by atoms with Gasteiger partial charge in [-0.1, -0.05) is 17.7 Å². The summed E-state index contributed by atoms with van der Waals surface area (Å²) in [4.78, 5) is 14.7. The highest BCUT2D eigenvalue weighted by atomic mass is 35.5. The lowest BCUT2D eigenvalue weighted by Gasteiger charge is -2.14. The van der Waals surface area contributed by atoms with E-state index < -0.39 is 11.1 Å². The van der Waals surface area contributed by atoms with Gasteiger partial charge in [0.05, 0.1) is 6.61 Å². The predicted octanol–water partition coefficient (Wildman–Crippen LogP) is 2.01. The maximum Gasteiger partial charge on any atom is 0.366 e. The average Bonchev–Trinajstić information content (AvgIpc) is 2.19. The molecule has 1 aromatic heterocycles. The summed E-state index contributed by atoms with van der Waals surface area (Å²) >= 11 is 5.39. The van der Waals surface area contributed by atoms with Crippen molar-refractivity contribution in [3.8, 4) is 0 Å². The first-order valence-corrected chi connectivity index (χ1v) is 4.43. The van der Waals surface area contributed by atoms with Crippen LogP contribution >= 0.6 is 11.6 Å². The van der Waals surface area contributed by atoms with Crippen LogP contribution in [0.3, 0.4) is 0 Å². The summed E-state index contributed by atoms with van der Waals surface area (Å²) in [5.74, 6) is -1.14. The Morgan fingerprint density at radius 3 is 2.93 bits per heavy atom. The molecule has 0 fully saturated rings. The van der Waals surface area contributed by atoms with Gasteiger partial charge < -0.3 is 4.74 Å². The summed E-state index contributed by atoms with van der Waals surface area (Å²) in [6, 6.07) is 4.46. The zero-order valence-electron chi connectivity index (χ0n) is 7.54. The zero-order chi connectivity index (χ0) is 10.6. The van der Waals surface area contributed by atoms with Crippen molar-refractivity contribution in [2.24, 2.45) is 0 Å². The van der Waals surface area contributed by atoms with Crippen molar-refractivity contribution in [3.05, 3.63) is 30.1 Å². The molecule has 3 nitrogen and oxygen atoms in total. The molecule has 1 atom stereocenters. The number of hydrogen-bond acceptors (Lipinski definition) is 3. The van der Waals surface area contributed by atoms with Crippen molar-refractivity contribution >= 4 is 17.6 Å². The van der Waals surface area contributed by atoms with E-state index in [1.165, 1.54) is 18.3 Å². The Hall–Kier alpha value is -1.16. The number of hydrogen-bond donors (Lipinski definition) is 0. The van der Waals surface area contributed by atoms with Crippen LogP contribution in [0.15, 0.2) is 24.4 Å². The minimum absolute atomic E-state index is 0.0735. The van der Waals surface area contributed by atoms with E-state index in [2.05, 4.69) is 9.72 Å². The Labute approximate surface area is 85.9 Å². The molecule has 1 aromatic rings. The minimum atomic E-state index is -2.70. The highest BCUT2D eigenvalue weighted by molar-refractivity contribution is 6.32. The Morgan fingerprint density at radius 1 is 1.71 bits per heavy atom. The van der Waals surface area contributed by atoms with Gasteiger partial charge in [0.1, 0.15) is 5.69 Å². The highest BCUT2D eigenvalue weighted by Crippen LogP contribution is 2.30. The maximum atomic E-state index is 13.6. The SMILES string of the molecule is CCOC(=O)C(F)(Cl)c1ccccn1. The van der Waals surface area contributed by atoms with Gasteiger partial charge >= 0.3 is 11.1 Å². The third-order valence-electron chi connectivity index (χ3n) is 1.52. The molecule has 14 heavy (non-hydrogen) atoms. The van der Waals surface area contributed by atoms with Gasteiger partial charge in [0.25, 0.3) is 0 Å². The van der Waals surface area contributed by atoms with Gasteiger partial charge in [-0.25, -0.2) is 9.18 Å².